The van der Waals surface area contributed by atoms with Gasteiger partial charge in [-0.2, -0.15) is 5.26 Å². The van der Waals surface area contributed by atoms with Crippen LogP contribution in [-0.4, -0.2) is 35.7 Å². The molecule has 7 heteroatoms. The van der Waals surface area contributed by atoms with Gasteiger partial charge in [0.25, 0.3) is 5.91 Å². The molecule has 2 aromatic rings. The van der Waals surface area contributed by atoms with Crippen LogP contribution in [0.4, 0.5) is 5.69 Å². The standard InChI is InChI=1S/C24H28N6O/c1-3-22(26)29-24(27)28-21-14-20(7-4-16(21)2)23(31)30-12-10-19(11-13-30)18-8-5-17(15-25)6-9-18/h4-9,14,19H,3,10-13H2,1-2H3,(H4,26,27,28,29). The van der Waals surface area contributed by atoms with Crippen LogP contribution in [0.1, 0.15) is 59.2 Å². The largest absolute Gasteiger partial charge is 0.387 e. The van der Waals surface area contributed by atoms with E-state index >= 15 is 0 Å². The van der Waals surface area contributed by atoms with Gasteiger partial charge in [-0.3, -0.25) is 4.79 Å². The fourth-order valence-electron chi connectivity index (χ4n) is 3.67. The molecule has 0 radical (unpaired) electrons. The molecule has 0 atom stereocenters. The first-order valence-electron chi connectivity index (χ1n) is 10.5. The third kappa shape index (κ3) is 5.48. The number of nitrogens with zero attached hydrogens (tertiary/aromatic N) is 4. The maximum absolute atomic E-state index is 13.1. The van der Waals surface area contributed by atoms with Crippen molar-refractivity contribution < 1.29 is 4.79 Å². The number of hydrogen-bond donors (Lipinski definition) is 2. The lowest BCUT2D eigenvalue weighted by molar-refractivity contribution is 0.0713. The fraction of sp³-hybridized carbons (Fsp3) is 0.333. The average Bonchev–Trinajstić information content (AvgIpc) is 2.80. The van der Waals surface area contributed by atoms with Crippen LogP contribution in [0, 0.1) is 18.3 Å². The van der Waals surface area contributed by atoms with Crippen LogP contribution in [0.15, 0.2) is 52.4 Å². The summed E-state index contributed by atoms with van der Waals surface area (Å²) in [5, 5.41) is 8.96. The van der Waals surface area contributed by atoms with Crippen LogP contribution in [0.2, 0.25) is 0 Å². The number of rotatable bonds is 4. The highest BCUT2D eigenvalue weighted by atomic mass is 16.2. The molecule has 0 spiro atoms. The number of hydrogen-bond acceptors (Lipinski definition) is 3. The SMILES string of the molecule is CC/C(N)=N/C(N)=Nc1cc(C(=O)N2CCC(c3ccc(C#N)cc3)CC2)ccc1C. The van der Waals surface area contributed by atoms with Gasteiger partial charge in [0.05, 0.1) is 17.3 Å². The Labute approximate surface area is 183 Å². The van der Waals surface area contributed by atoms with Crippen LogP contribution in [0.5, 0.6) is 0 Å². The van der Waals surface area contributed by atoms with Crippen molar-refractivity contribution in [3.63, 3.8) is 0 Å². The molecule has 31 heavy (non-hydrogen) atoms. The molecule has 4 N–H and O–H groups in total. The molecule has 1 aliphatic heterocycles. The summed E-state index contributed by atoms with van der Waals surface area (Å²) < 4.78 is 0. The Morgan fingerprint density at radius 3 is 2.45 bits per heavy atom. The van der Waals surface area contributed by atoms with Crippen LogP contribution in [0.25, 0.3) is 0 Å². The first-order valence-corrected chi connectivity index (χ1v) is 10.5. The molecule has 0 aliphatic carbocycles. The number of nitrogens with two attached hydrogens (primary N) is 2. The van der Waals surface area contributed by atoms with Crippen molar-refractivity contribution in [2.45, 2.75) is 39.0 Å². The molecular formula is C24H28N6O. The van der Waals surface area contributed by atoms with Crippen molar-refractivity contribution >= 4 is 23.4 Å². The molecule has 1 saturated heterocycles. The zero-order valence-corrected chi connectivity index (χ0v) is 18.0. The van der Waals surface area contributed by atoms with Gasteiger partial charge >= 0.3 is 0 Å². The van der Waals surface area contributed by atoms with Crippen molar-refractivity contribution in [2.75, 3.05) is 13.1 Å². The second-order valence-corrected chi connectivity index (χ2v) is 7.73. The molecule has 2 aromatic carbocycles. The summed E-state index contributed by atoms with van der Waals surface area (Å²) in [5.41, 5.74) is 15.6. The molecule has 1 amide bonds. The topological polar surface area (TPSA) is 121 Å². The van der Waals surface area contributed by atoms with Gasteiger partial charge in [-0.1, -0.05) is 25.1 Å². The smallest absolute Gasteiger partial charge is 0.253 e. The van der Waals surface area contributed by atoms with Crippen LogP contribution < -0.4 is 11.5 Å². The fourth-order valence-corrected chi connectivity index (χ4v) is 3.67. The number of guanidine groups is 1. The van der Waals surface area contributed by atoms with E-state index in [0.29, 0.717) is 48.1 Å². The Morgan fingerprint density at radius 1 is 1.16 bits per heavy atom. The third-order valence-electron chi connectivity index (χ3n) is 5.60. The number of likely N-dealkylation sites (tertiary alicyclic amines) is 1. The van der Waals surface area contributed by atoms with Crippen LogP contribution >= 0.6 is 0 Å². The quantitative estimate of drug-likeness (QED) is 0.584. The van der Waals surface area contributed by atoms with Gasteiger partial charge in [0.15, 0.2) is 0 Å². The van der Waals surface area contributed by atoms with E-state index in [0.717, 1.165) is 18.4 Å². The van der Waals surface area contributed by atoms with Gasteiger partial charge in [0.1, 0.15) is 5.84 Å². The highest BCUT2D eigenvalue weighted by molar-refractivity contribution is 5.97. The van der Waals surface area contributed by atoms with Crippen LogP contribution in [0.3, 0.4) is 0 Å². The number of amides is 1. The normalized spacial score (nSPS) is 15.6. The van der Waals surface area contributed by atoms with Gasteiger partial charge in [-0.25, -0.2) is 9.98 Å². The van der Waals surface area contributed by atoms with Crippen LogP contribution in [-0.2, 0) is 0 Å². The van der Waals surface area contributed by atoms with Crippen molar-refractivity contribution in [2.24, 2.45) is 21.5 Å². The maximum atomic E-state index is 13.1. The number of carbonyl (C=O) groups is 1. The van der Waals surface area contributed by atoms with E-state index < -0.39 is 0 Å². The van der Waals surface area contributed by atoms with E-state index in [1.807, 2.05) is 55.1 Å². The van der Waals surface area contributed by atoms with Crippen molar-refractivity contribution in [3.8, 4) is 6.07 Å². The predicted octanol–water partition coefficient (Wildman–Crippen LogP) is 3.60. The van der Waals surface area contributed by atoms with Crippen molar-refractivity contribution in [1.82, 2.24) is 4.90 Å². The molecule has 1 heterocycles. The lowest BCUT2D eigenvalue weighted by atomic mass is 9.89. The minimum atomic E-state index is -0.00938. The van der Waals surface area contributed by atoms with Gasteiger partial charge in [0, 0.05) is 25.1 Å². The Morgan fingerprint density at radius 2 is 1.84 bits per heavy atom. The predicted molar refractivity (Wildman–Crippen MR) is 123 cm³/mol. The first kappa shape index (κ1) is 22.0. The Kier molecular flexibility index (Phi) is 7.03. The molecule has 0 aromatic heterocycles. The number of benzene rings is 2. The third-order valence-corrected chi connectivity index (χ3v) is 5.60. The van der Waals surface area contributed by atoms with Gasteiger partial charge in [0.2, 0.25) is 5.96 Å². The highest BCUT2D eigenvalue weighted by Gasteiger charge is 2.25. The Balaban J connectivity index is 1.69. The maximum Gasteiger partial charge on any atom is 0.253 e. The number of amidine groups is 1. The summed E-state index contributed by atoms with van der Waals surface area (Å²) >= 11 is 0. The van der Waals surface area contributed by atoms with Gasteiger partial charge in [-0.15, -0.1) is 0 Å². The summed E-state index contributed by atoms with van der Waals surface area (Å²) in [6, 6.07) is 15.3. The summed E-state index contributed by atoms with van der Waals surface area (Å²) in [6.45, 7) is 5.18. The first-order chi connectivity index (χ1) is 14.9. The zero-order chi connectivity index (χ0) is 22.4. The second-order valence-electron chi connectivity index (χ2n) is 7.73. The molecule has 7 nitrogen and oxygen atoms in total. The van der Waals surface area contributed by atoms with Crippen molar-refractivity contribution in [1.29, 1.82) is 5.26 Å². The summed E-state index contributed by atoms with van der Waals surface area (Å²) in [6.07, 6.45) is 2.38. The molecule has 0 bridgehead atoms. The molecule has 160 valence electrons. The van der Waals surface area contributed by atoms with E-state index in [1.165, 1.54) is 5.56 Å². The monoisotopic (exact) mass is 416 g/mol. The second kappa shape index (κ2) is 9.90. The average molecular weight is 417 g/mol. The molecule has 1 aliphatic rings. The molecule has 0 saturated carbocycles. The molecule has 1 fully saturated rings. The highest BCUT2D eigenvalue weighted by Crippen LogP contribution is 2.29. The van der Waals surface area contributed by atoms with E-state index in [4.69, 9.17) is 16.7 Å². The number of aryl methyl sites for hydroxylation is 1. The van der Waals surface area contributed by atoms with E-state index in [-0.39, 0.29) is 11.9 Å². The Bertz CT molecular complexity index is 1040. The number of carbonyl (C=O) groups excluding carboxylic acids is 1. The van der Waals surface area contributed by atoms with Gasteiger partial charge in [-0.05, 0) is 61.1 Å². The molecule has 0 unspecified atom stereocenters. The lowest BCUT2D eigenvalue weighted by Crippen LogP contribution is -2.37. The van der Waals surface area contributed by atoms with Crippen molar-refractivity contribution in [3.05, 3.63) is 64.7 Å². The number of aliphatic imine (C=N–C) groups is 2. The minimum Gasteiger partial charge on any atom is -0.387 e. The number of nitriles is 1. The van der Waals surface area contributed by atoms with E-state index in [2.05, 4.69) is 16.1 Å². The lowest BCUT2D eigenvalue weighted by Gasteiger charge is -2.32. The minimum absolute atomic E-state index is 0.00938. The summed E-state index contributed by atoms with van der Waals surface area (Å²) in [5.74, 6) is 0.882. The summed E-state index contributed by atoms with van der Waals surface area (Å²) in [4.78, 5) is 23.3. The summed E-state index contributed by atoms with van der Waals surface area (Å²) in [7, 11) is 0. The van der Waals surface area contributed by atoms with Gasteiger partial charge < -0.3 is 16.4 Å². The number of piperidine rings is 1. The van der Waals surface area contributed by atoms with E-state index in [9.17, 15) is 4.79 Å². The molecular weight excluding hydrogens is 388 g/mol. The zero-order valence-electron chi connectivity index (χ0n) is 18.0. The Hall–Kier alpha value is -3.66. The molecule has 3 rings (SSSR count). The van der Waals surface area contributed by atoms with E-state index in [1.54, 1.807) is 6.07 Å².